The Morgan fingerprint density at radius 1 is 1.17 bits per heavy atom. The fraction of sp³-hybridized carbons (Fsp3) is 0.500. The van der Waals surface area contributed by atoms with E-state index in [0.29, 0.717) is 30.4 Å². The molecule has 1 fully saturated rings. The van der Waals surface area contributed by atoms with Gasteiger partial charge in [-0.1, -0.05) is 6.07 Å². The zero-order valence-corrected chi connectivity index (χ0v) is 17.4. The van der Waals surface area contributed by atoms with Crippen molar-refractivity contribution in [1.82, 2.24) is 5.32 Å². The molecule has 0 aromatic heterocycles. The summed E-state index contributed by atoms with van der Waals surface area (Å²) in [6.07, 6.45) is 6.25. The second kappa shape index (κ2) is 10.2. The van der Waals surface area contributed by atoms with Gasteiger partial charge in [0.2, 0.25) is 0 Å². The summed E-state index contributed by atoms with van der Waals surface area (Å²) < 4.78 is 31.8. The summed E-state index contributed by atoms with van der Waals surface area (Å²) in [6.45, 7) is 2.88. The summed E-state index contributed by atoms with van der Waals surface area (Å²) in [5.41, 5.74) is 8.20. The first-order chi connectivity index (χ1) is 14.7. The molecule has 5 nitrogen and oxygen atoms in total. The van der Waals surface area contributed by atoms with Crippen molar-refractivity contribution < 1.29 is 18.6 Å². The third-order valence-electron chi connectivity index (χ3n) is 5.79. The molecule has 2 aliphatic rings. The van der Waals surface area contributed by atoms with Crippen LogP contribution in [0.25, 0.3) is 0 Å². The van der Waals surface area contributed by atoms with Gasteiger partial charge in [0.15, 0.2) is 11.5 Å². The standard InChI is InChI=1S/C24H31FN2O3/c25-18-5-3-7-19(14-18)30-24-15-21-17(9-11-27-22(21)8-4-10-26)13-23(24)29-16-20-6-1-2-12-28-20/h3,5,7,13-15,20,22,27H,1-2,4,6,8-12,16,26H2. The minimum atomic E-state index is -0.328. The third kappa shape index (κ3) is 5.31. The first-order valence-electron chi connectivity index (χ1n) is 11.0. The Morgan fingerprint density at radius 2 is 2.10 bits per heavy atom. The van der Waals surface area contributed by atoms with Gasteiger partial charge in [0.05, 0.1) is 6.10 Å². The normalized spacial score (nSPS) is 21.1. The van der Waals surface area contributed by atoms with Crippen molar-refractivity contribution >= 4 is 0 Å². The molecule has 0 radical (unpaired) electrons. The Kier molecular flexibility index (Phi) is 7.20. The van der Waals surface area contributed by atoms with Crippen LogP contribution >= 0.6 is 0 Å². The van der Waals surface area contributed by atoms with E-state index in [9.17, 15) is 4.39 Å². The highest BCUT2D eigenvalue weighted by molar-refractivity contribution is 5.51. The first-order valence-corrected chi connectivity index (χ1v) is 11.0. The van der Waals surface area contributed by atoms with Gasteiger partial charge in [0.25, 0.3) is 0 Å². The largest absolute Gasteiger partial charge is 0.487 e. The van der Waals surface area contributed by atoms with Crippen molar-refractivity contribution in [2.45, 2.75) is 50.7 Å². The summed E-state index contributed by atoms with van der Waals surface area (Å²) in [5.74, 6) is 1.42. The van der Waals surface area contributed by atoms with E-state index in [1.807, 2.05) is 6.07 Å². The first kappa shape index (κ1) is 21.1. The van der Waals surface area contributed by atoms with Crippen LogP contribution in [-0.2, 0) is 11.2 Å². The highest BCUT2D eigenvalue weighted by atomic mass is 19.1. The monoisotopic (exact) mass is 414 g/mol. The minimum absolute atomic E-state index is 0.107. The molecule has 0 aliphatic carbocycles. The van der Waals surface area contributed by atoms with Crippen LogP contribution in [0.3, 0.4) is 0 Å². The summed E-state index contributed by atoms with van der Waals surface area (Å²) in [4.78, 5) is 0. The molecule has 6 heteroatoms. The molecule has 2 atom stereocenters. The van der Waals surface area contributed by atoms with Gasteiger partial charge in [-0.3, -0.25) is 0 Å². The topological polar surface area (TPSA) is 65.7 Å². The minimum Gasteiger partial charge on any atom is -0.487 e. The van der Waals surface area contributed by atoms with Gasteiger partial charge in [0, 0.05) is 18.7 Å². The molecule has 0 amide bonds. The molecule has 2 aliphatic heterocycles. The maximum Gasteiger partial charge on any atom is 0.169 e. The molecular formula is C24H31FN2O3. The van der Waals surface area contributed by atoms with Crippen LogP contribution in [0.2, 0.25) is 0 Å². The Balaban J connectivity index is 1.60. The number of ether oxygens (including phenoxy) is 3. The van der Waals surface area contributed by atoms with Crippen LogP contribution in [-0.4, -0.2) is 32.4 Å². The lowest BCUT2D eigenvalue weighted by Gasteiger charge is -2.29. The summed E-state index contributed by atoms with van der Waals surface area (Å²) in [5, 5.41) is 3.58. The number of rotatable bonds is 8. The number of benzene rings is 2. The molecule has 0 spiro atoms. The Hall–Kier alpha value is -2.15. The molecule has 2 unspecified atom stereocenters. The van der Waals surface area contributed by atoms with Gasteiger partial charge in [-0.05, 0) is 87.0 Å². The lowest BCUT2D eigenvalue weighted by molar-refractivity contribution is -0.0114. The maximum atomic E-state index is 13.7. The molecule has 4 rings (SSSR count). The summed E-state index contributed by atoms with van der Waals surface area (Å²) in [7, 11) is 0. The van der Waals surface area contributed by atoms with Crippen molar-refractivity contribution in [3.63, 3.8) is 0 Å². The fourth-order valence-corrected chi connectivity index (χ4v) is 4.20. The molecule has 1 saturated heterocycles. The summed E-state index contributed by atoms with van der Waals surface area (Å²) in [6, 6.07) is 10.6. The highest BCUT2D eigenvalue weighted by Gasteiger charge is 2.24. The van der Waals surface area contributed by atoms with Crippen LogP contribution < -0.4 is 20.5 Å². The lowest BCUT2D eigenvalue weighted by atomic mass is 9.91. The molecule has 2 heterocycles. The average Bonchev–Trinajstić information content (AvgIpc) is 2.77. The molecule has 30 heavy (non-hydrogen) atoms. The number of hydrogen-bond acceptors (Lipinski definition) is 5. The van der Waals surface area contributed by atoms with Crippen LogP contribution in [0, 0.1) is 5.82 Å². The zero-order valence-electron chi connectivity index (χ0n) is 17.4. The van der Waals surface area contributed by atoms with Crippen molar-refractivity contribution in [1.29, 1.82) is 0 Å². The number of halogens is 1. The summed E-state index contributed by atoms with van der Waals surface area (Å²) >= 11 is 0. The Labute approximate surface area is 177 Å². The second-order valence-corrected chi connectivity index (χ2v) is 8.04. The van der Waals surface area contributed by atoms with Gasteiger partial charge in [-0.25, -0.2) is 4.39 Å². The smallest absolute Gasteiger partial charge is 0.169 e. The van der Waals surface area contributed by atoms with Crippen molar-refractivity contribution in [2.24, 2.45) is 5.73 Å². The van der Waals surface area contributed by atoms with E-state index >= 15 is 0 Å². The number of nitrogens with two attached hydrogens (primary N) is 1. The molecule has 0 bridgehead atoms. The number of nitrogens with one attached hydrogen (secondary N) is 1. The van der Waals surface area contributed by atoms with Gasteiger partial charge in [0.1, 0.15) is 18.2 Å². The van der Waals surface area contributed by atoms with E-state index in [2.05, 4.69) is 11.4 Å². The zero-order chi connectivity index (χ0) is 20.8. The van der Waals surface area contributed by atoms with Gasteiger partial charge < -0.3 is 25.3 Å². The molecule has 0 saturated carbocycles. The van der Waals surface area contributed by atoms with Gasteiger partial charge in [-0.15, -0.1) is 0 Å². The maximum absolute atomic E-state index is 13.7. The molecular weight excluding hydrogens is 383 g/mol. The number of hydrogen-bond donors (Lipinski definition) is 2. The van der Waals surface area contributed by atoms with E-state index in [1.165, 1.54) is 29.7 Å². The van der Waals surface area contributed by atoms with E-state index in [1.54, 1.807) is 12.1 Å². The van der Waals surface area contributed by atoms with Gasteiger partial charge >= 0.3 is 0 Å². The van der Waals surface area contributed by atoms with Crippen LogP contribution in [0.5, 0.6) is 17.2 Å². The molecule has 2 aromatic rings. The predicted molar refractivity (Wildman–Crippen MR) is 115 cm³/mol. The molecule has 2 aromatic carbocycles. The molecule has 162 valence electrons. The average molecular weight is 415 g/mol. The third-order valence-corrected chi connectivity index (χ3v) is 5.79. The van der Waals surface area contributed by atoms with Crippen LogP contribution in [0.15, 0.2) is 36.4 Å². The van der Waals surface area contributed by atoms with E-state index < -0.39 is 0 Å². The van der Waals surface area contributed by atoms with Crippen molar-refractivity contribution in [3.05, 3.63) is 53.3 Å². The van der Waals surface area contributed by atoms with E-state index in [-0.39, 0.29) is 18.0 Å². The highest BCUT2D eigenvalue weighted by Crippen LogP contribution is 2.39. The van der Waals surface area contributed by atoms with Crippen molar-refractivity contribution in [3.8, 4) is 17.2 Å². The lowest BCUT2D eigenvalue weighted by Crippen LogP contribution is -2.30. The number of fused-ring (bicyclic) bond motifs is 1. The predicted octanol–water partition coefficient (Wildman–Crippen LogP) is 4.49. The van der Waals surface area contributed by atoms with E-state index in [4.69, 9.17) is 19.9 Å². The SMILES string of the molecule is NCCCC1NCCc2cc(OCC3CCCCO3)c(Oc3cccc(F)c3)cc21. The second-order valence-electron chi connectivity index (χ2n) is 8.04. The van der Waals surface area contributed by atoms with Crippen molar-refractivity contribution in [2.75, 3.05) is 26.3 Å². The molecule has 3 N–H and O–H groups in total. The van der Waals surface area contributed by atoms with Crippen LogP contribution in [0.4, 0.5) is 4.39 Å². The van der Waals surface area contributed by atoms with E-state index in [0.717, 1.165) is 45.3 Å². The van der Waals surface area contributed by atoms with Gasteiger partial charge in [-0.2, -0.15) is 0 Å². The Morgan fingerprint density at radius 3 is 2.90 bits per heavy atom. The Bertz CT molecular complexity index is 839. The quantitative estimate of drug-likeness (QED) is 0.666. The van der Waals surface area contributed by atoms with Crippen LogP contribution in [0.1, 0.15) is 49.3 Å². The fourth-order valence-electron chi connectivity index (χ4n) is 4.20.